The molecule has 1 amide bonds. The van der Waals surface area contributed by atoms with Crippen molar-refractivity contribution in [3.63, 3.8) is 0 Å². The van der Waals surface area contributed by atoms with Crippen LogP contribution in [0.5, 0.6) is 0 Å². The van der Waals surface area contributed by atoms with Crippen molar-refractivity contribution in [2.24, 2.45) is 9.98 Å². The molecule has 122 valence electrons. The highest BCUT2D eigenvalue weighted by atomic mass is 35.5. The highest BCUT2D eigenvalue weighted by molar-refractivity contribution is 6.32. The summed E-state index contributed by atoms with van der Waals surface area (Å²) in [5.74, 6) is 0.0476. The molecular formula is C19H18ClN3O. The van der Waals surface area contributed by atoms with Gasteiger partial charge in [0.2, 0.25) is 5.91 Å². The number of benzene rings is 2. The molecule has 0 radical (unpaired) electrons. The monoisotopic (exact) mass is 339 g/mol. The molecule has 0 spiro atoms. The maximum atomic E-state index is 12.2. The molecule has 2 aromatic rings. The quantitative estimate of drug-likeness (QED) is 0.812. The van der Waals surface area contributed by atoms with Gasteiger partial charge >= 0.3 is 0 Å². The van der Waals surface area contributed by atoms with Gasteiger partial charge in [0.05, 0.1) is 17.3 Å². The maximum absolute atomic E-state index is 12.2. The van der Waals surface area contributed by atoms with Crippen molar-refractivity contribution in [3.05, 3.63) is 60.2 Å². The van der Waals surface area contributed by atoms with E-state index in [1.807, 2.05) is 61.5 Å². The fraction of sp³-hybridized carbons (Fsp3) is 0.211. The van der Waals surface area contributed by atoms with Gasteiger partial charge in [-0.15, -0.1) is 11.6 Å². The Kier molecular flexibility index (Phi) is 4.76. The van der Waals surface area contributed by atoms with E-state index in [1.54, 1.807) is 6.92 Å². The fourth-order valence-corrected chi connectivity index (χ4v) is 2.72. The van der Waals surface area contributed by atoms with Crippen LogP contribution in [0, 0.1) is 0 Å². The molecule has 4 nitrogen and oxygen atoms in total. The van der Waals surface area contributed by atoms with E-state index in [2.05, 4.69) is 10.3 Å². The van der Waals surface area contributed by atoms with Gasteiger partial charge in [0.15, 0.2) is 0 Å². The minimum absolute atomic E-state index is 0.224. The van der Waals surface area contributed by atoms with E-state index in [0.29, 0.717) is 5.84 Å². The number of carbonyl (C=O) groups is 1. The zero-order chi connectivity index (χ0) is 17.1. The molecule has 0 bridgehead atoms. The van der Waals surface area contributed by atoms with Crippen LogP contribution in [0.25, 0.3) is 0 Å². The molecule has 3 rings (SSSR count). The Balaban J connectivity index is 2.12. The summed E-state index contributed by atoms with van der Waals surface area (Å²) >= 11 is 5.92. The van der Waals surface area contributed by atoms with Crippen molar-refractivity contribution in [3.8, 4) is 0 Å². The molecule has 0 fully saturated rings. The normalized spacial score (nSPS) is 17.9. The number of nitrogens with one attached hydrogen (secondary N) is 1. The average Bonchev–Trinajstić information content (AvgIpc) is 2.70. The number of rotatable bonds is 2. The summed E-state index contributed by atoms with van der Waals surface area (Å²) in [6.45, 7) is 3.59. The first-order valence-corrected chi connectivity index (χ1v) is 8.22. The number of aliphatic imine (C=N–C) groups is 2. The van der Waals surface area contributed by atoms with E-state index in [1.165, 1.54) is 0 Å². The van der Waals surface area contributed by atoms with E-state index in [9.17, 15) is 4.79 Å². The first-order chi connectivity index (χ1) is 11.6. The van der Waals surface area contributed by atoms with Crippen LogP contribution in [0.15, 0.2) is 64.6 Å². The number of amides is 1. The van der Waals surface area contributed by atoms with Crippen LogP contribution < -0.4 is 5.32 Å². The number of carbonyl (C=O) groups excluding carboxylic acids is 1. The Bertz CT molecular complexity index is 812. The highest BCUT2D eigenvalue weighted by Gasteiger charge is 2.27. The zero-order valence-electron chi connectivity index (χ0n) is 13.5. The second-order valence-corrected chi connectivity index (χ2v) is 6.34. The maximum Gasteiger partial charge on any atom is 0.243 e. The lowest BCUT2D eigenvalue weighted by Gasteiger charge is -2.19. The molecule has 0 aliphatic carbocycles. The van der Waals surface area contributed by atoms with Crippen molar-refractivity contribution in [2.45, 2.75) is 25.1 Å². The number of hydrogen-bond acceptors (Lipinski definition) is 3. The van der Waals surface area contributed by atoms with E-state index in [-0.39, 0.29) is 11.8 Å². The van der Waals surface area contributed by atoms with Gasteiger partial charge < -0.3 is 5.32 Å². The van der Waals surface area contributed by atoms with E-state index in [0.717, 1.165) is 22.6 Å². The Morgan fingerprint density at radius 2 is 1.62 bits per heavy atom. The molecule has 1 heterocycles. The summed E-state index contributed by atoms with van der Waals surface area (Å²) in [6.07, 6.45) is 0. The Morgan fingerprint density at radius 1 is 1.04 bits per heavy atom. The molecular weight excluding hydrogens is 322 g/mol. The number of hydrogen-bond donors (Lipinski definition) is 1. The molecule has 1 aliphatic heterocycles. The zero-order valence-corrected chi connectivity index (χ0v) is 14.3. The number of fused-ring (bicyclic) bond motifs is 1. The van der Waals surface area contributed by atoms with Gasteiger partial charge in [0.25, 0.3) is 0 Å². The first-order valence-electron chi connectivity index (χ1n) is 7.79. The number of halogens is 1. The number of nitrogens with zero attached hydrogens (tertiary/aromatic N) is 2. The SMILES string of the molecule is CC1=Nc2ccccc2N=C(NC(=O)[C@@H](C)Cl)[C@H]1c1ccccc1. The van der Waals surface area contributed by atoms with E-state index in [4.69, 9.17) is 16.6 Å². The molecule has 24 heavy (non-hydrogen) atoms. The highest BCUT2D eigenvalue weighted by Crippen LogP contribution is 2.34. The third-order valence-electron chi connectivity index (χ3n) is 3.86. The second-order valence-electron chi connectivity index (χ2n) is 5.69. The van der Waals surface area contributed by atoms with Gasteiger partial charge in [0.1, 0.15) is 11.2 Å². The lowest BCUT2D eigenvalue weighted by Crippen LogP contribution is -2.40. The molecule has 0 saturated heterocycles. The van der Waals surface area contributed by atoms with Gasteiger partial charge in [-0.1, -0.05) is 42.5 Å². The van der Waals surface area contributed by atoms with Crippen molar-refractivity contribution in [1.29, 1.82) is 0 Å². The molecule has 5 heteroatoms. The van der Waals surface area contributed by atoms with Gasteiger partial charge in [-0.2, -0.15) is 0 Å². The van der Waals surface area contributed by atoms with Crippen LogP contribution in [0.4, 0.5) is 11.4 Å². The Labute approximate surface area is 146 Å². The summed E-state index contributed by atoms with van der Waals surface area (Å²) in [6, 6.07) is 17.5. The average molecular weight is 340 g/mol. The summed E-state index contributed by atoms with van der Waals surface area (Å²) < 4.78 is 0. The van der Waals surface area contributed by atoms with Crippen LogP contribution in [0.1, 0.15) is 25.3 Å². The van der Waals surface area contributed by atoms with Crippen molar-refractivity contribution in [1.82, 2.24) is 5.32 Å². The smallest absolute Gasteiger partial charge is 0.243 e. The Hall–Kier alpha value is -2.46. The molecule has 0 saturated carbocycles. The predicted molar refractivity (Wildman–Crippen MR) is 98.9 cm³/mol. The van der Waals surface area contributed by atoms with Crippen molar-refractivity contribution < 1.29 is 4.79 Å². The first kappa shape index (κ1) is 16.4. The van der Waals surface area contributed by atoms with E-state index < -0.39 is 5.38 Å². The lowest BCUT2D eigenvalue weighted by molar-refractivity contribution is -0.119. The van der Waals surface area contributed by atoms with Gasteiger partial charge in [-0.3, -0.25) is 9.79 Å². The summed E-state index contributed by atoms with van der Waals surface area (Å²) in [4.78, 5) is 21.6. The molecule has 0 aromatic heterocycles. The van der Waals surface area contributed by atoms with Gasteiger partial charge in [-0.05, 0) is 31.5 Å². The summed E-state index contributed by atoms with van der Waals surface area (Å²) in [7, 11) is 0. The van der Waals surface area contributed by atoms with Crippen molar-refractivity contribution in [2.75, 3.05) is 0 Å². The lowest BCUT2D eigenvalue weighted by atomic mass is 9.93. The summed E-state index contributed by atoms with van der Waals surface area (Å²) in [5, 5.41) is 2.24. The Morgan fingerprint density at radius 3 is 2.25 bits per heavy atom. The number of amidine groups is 1. The molecule has 2 aromatic carbocycles. The standard InChI is InChI=1S/C19H18ClN3O/c1-12(20)19(24)23-18-17(14-8-4-3-5-9-14)13(2)21-15-10-6-7-11-16(15)22-18/h3-12,17H,1-2H3,(H,22,23,24)/t12-,17-/m1/s1. The largest absolute Gasteiger partial charge is 0.312 e. The minimum atomic E-state index is -0.639. The number of alkyl halides is 1. The van der Waals surface area contributed by atoms with Gasteiger partial charge in [0, 0.05) is 5.71 Å². The summed E-state index contributed by atoms with van der Waals surface area (Å²) in [5.41, 5.74) is 3.41. The minimum Gasteiger partial charge on any atom is -0.312 e. The van der Waals surface area contributed by atoms with Crippen LogP contribution in [0.3, 0.4) is 0 Å². The van der Waals surface area contributed by atoms with Gasteiger partial charge in [-0.25, -0.2) is 4.99 Å². The molecule has 0 unspecified atom stereocenters. The fourth-order valence-electron chi connectivity index (χ4n) is 2.67. The van der Waals surface area contributed by atoms with Crippen LogP contribution in [0.2, 0.25) is 0 Å². The topological polar surface area (TPSA) is 53.8 Å². The predicted octanol–water partition coefficient (Wildman–Crippen LogP) is 4.35. The van der Waals surface area contributed by atoms with Crippen LogP contribution in [-0.2, 0) is 4.79 Å². The van der Waals surface area contributed by atoms with E-state index >= 15 is 0 Å². The van der Waals surface area contributed by atoms with Crippen LogP contribution in [-0.4, -0.2) is 22.8 Å². The third kappa shape index (κ3) is 3.39. The second kappa shape index (κ2) is 6.97. The van der Waals surface area contributed by atoms with Crippen molar-refractivity contribution >= 4 is 40.4 Å². The molecule has 1 N–H and O–H groups in total. The number of para-hydroxylation sites is 2. The third-order valence-corrected chi connectivity index (χ3v) is 4.05. The molecule has 1 aliphatic rings. The van der Waals surface area contributed by atoms with Crippen LogP contribution >= 0.6 is 11.6 Å². The molecule has 2 atom stereocenters.